The van der Waals surface area contributed by atoms with E-state index in [1.165, 1.54) is 7.11 Å². The Morgan fingerprint density at radius 3 is 2.81 bits per heavy atom. The number of methoxy groups -OCH3 is 1. The number of carbonyl (C=O) groups excluding carboxylic acids is 1. The van der Waals surface area contributed by atoms with Crippen LogP contribution in [0.25, 0.3) is 0 Å². The van der Waals surface area contributed by atoms with Gasteiger partial charge in [0.05, 0.1) is 29.5 Å². The average Bonchev–Trinajstić information content (AvgIpc) is 2.42. The van der Waals surface area contributed by atoms with Crippen LogP contribution >= 0.6 is 11.6 Å². The number of amides is 1. The zero-order valence-electron chi connectivity index (χ0n) is 12.5. The summed E-state index contributed by atoms with van der Waals surface area (Å²) in [5, 5.41) is 12.9. The highest BCUT2D eigenvalue weighted by Crippen LogP contribution is 2.22. The molecule has 0 heterocycles. The van der Waals surface area contributed by atoms with E-state index in [4.69, 9.17) is 22.1 Å². The summed E-state index contributed by atoms with van der Waals surface area (Å²) >= 11 is 5.83. The summed E-state index contributed by atoms with van der Waals surface area (Å²) in [6.07, 6.45) is -0.638. The summed E-state index contributed by atoms with van der Waals surface area (Å²) in [5.41, 5.74) is 6.68. The summed E-state index contributed by atoms with van der Waals surface area (Å²) in [6, 6.07) is 4.51. The van der Waals surface area contributed by atoms with E-state index in [0.717, 1.165) is 0 Å². The maximum Gasteiger partial charge on any atom is 0.241 e. The van der Waals surface area contributed by atoms with Gasteiger partial charge in [0.1, 0.15) is 0 Å². The lowest BCUT2D eigenvalue weighted by Crippen LogP contribution is -2.44. The molecule has 0 bridgehead atoms. The van der Waals surface area contributed by atoms with E-state index in [1.54, 1.807) is 37.1 Å². The molecule has 7 heteroatoms. The molecule has 1 aromatic carbocycles. The number of carbonyl (C=O) groups is 1. The predicted molar refractivity (Wildman–Crippen MR) is 84.5 cm³/mol. The molecule has 0 aliphatic carbocycles. The van der Waals surface area contributed by atoms with Gasteiger partial charge in [-0.15, -0.1) is 0 Å². The first kappa shape index (κ1) is 17.7. The second-order valence-corrected chi connectivity index (χ2v) is 5.36. The number of nitrogens with one attached hydrogen (secondary N) is 1. The molecule has 1 amide bonds. The van der Waals surface area contributed by atoms with Crippen LogP contribution in [0.2, 0.25) is 5.02 Å². The van der Waals surface area contributed by atoms with Crippen LogP contribution < -0.4 is 11.1 Å². The molecule has 2 unspecified atom stereocenters. The molecule has 1 aromatic rings. The smallest absolute Gasteiger partial charge is 0.241 e. The van der Waals surface area contributed by atoms with Gasteiger partial charge >= 0.3 is 0 Å². The Morgan fingerprint density at radius 2 is 2.24 bits per heavy atom. The van der Waals surface area contributed by atoms with Crippen LogP contribution in [0.5, 0.6) is 0 Å². The van der Waals surface area contributed by atoms with E-state index in [1.807, 2.05) is 0 Å². The SMILES string of the molecule is COCC(O)CN(C)C(C)C(=O)Nc1ccc(Cl)c(N)c1. The van der Waals surface area contributed by atoms with Gasteiger partial charge in [0.2, 0.25) is 5.91 Å². The molecule has 0 saturated heterocycles. The van der Waals surface area contributed by atoms with Crippen molar-refractivity contribution in [2.45, 2.75) is 19.1 Å². The third-order valence-electron chi connectivity index (χ3n) is 3.16. The molecule has 0 fully saturated rings. The van der Waals surface area contributed by atoms with Gasteiger partial charge in [-0.05, 0) is 32.2 Å². The number of benzene rings is 1. The fourth-order valence-electron chi connectivity index (χ4n) is 1.80. The molecular weight excluding hydrogens is 294 g/mol. The highest BCUT2D eigenvalue weighted by atomic mass is 35.5. The number of halogens is 1. The topological polar surface area (TPSA) is 87.8 Å². The fraction of sp³-hybridized carbons (Fsp3) is 0.500. The van der Waals surface area contributed by atoms with Crippen molar-refractivity contribution >= 4 is 28.9 Å². The lowest BCUT2D eigenvalue weighted by Gasteiger charge is -2.26. The summed E-state index contributed by atoms with van der Waals surface area (Å²) in [4.78, 5) is 13.9. The van der Waals surface area contributed by atoms with E-state index in [0.29, 0.717) is 22.9 Å². The minimum Gasteiger partial charge on any atom is -0.397 e. The Balaban J connectivity index is 2.59. The van der Waals surface area contributed by atoms with Crippen LogP contribution in [0.1, 0.15) is 6.92 Å². The molecule has 6 nitrogen and oxygen atoms in total. The molecule has 4 N–H and O–H groups in total. The fourth-order valence-corrected chi connectivity index (χ4v) is 1.92. The molecule has 0 radical (unpaired) electrons. The van der Waals surface area contributed by atoms with Crippen molar-refractivity contribution in [3.8, 4) is 0 Å². The van der Waals surface area contributed by atoms with Crippen LogP contribution in [0.15, 0.2) is 18.2 Å². The van der Waals surface area contributed by atoms with Gasteiger partial charge < -0.3 is 20.9 Å². The molecule has 2 atom stereocenters. The van der Waals surface area contributed by atoms with Gasteiger partial charge in [-0.25, -0.2) is 0 Å². The number of nitrogens with two attached hydrogens (primary N) is 1. The van der Waals surface area contributed by atoms with E-state index >= 15 is 0 Å². The molecule has 0 aromatic heterocycles. The van der Waals surface area contributed by atoms with Crippen molar-refractivity contribution in [2.75, 3.05) is 38.4 Å². The number of ether oxygens (including phenoxy) is 1. The van der Waals surface area contributed by atoms with Gasteiger partial charge in [0.15, 0.2) is 0 Å². The van der Waals surface area contributed by atoms with Crippen LogP contribution in [-0.2, 0) is 9.53 Å². The minimum atomic E-state index is -0.638. The Morgan fingerprint density at radius 1 is 1.57 bits per heavy atom. The molecule has 1 rings (SSSR count). The molecule has 0 aliphatic heterocycles. The minimum absolute atomic E-state index is 0.191. The highest BCUT2D eigenvalue weighted by molar-refractivity contribution is 6.33. The number of rotatable bonds is 7. The van der Waals surface area contributed by atoms with Crippen molar-refractivity contribution < 1.29 is 14.6 Å². The first-order valence-corrected chi connectivity index (χ1v) is 6.96. The Hall–Kier alpha value is -1.34. The zero-order chi connectivity index (χ0) is 16.0. The molecule has 0 aliphatic rings. The molecule has 21 heavy (non-hydrogen) atoms. The third kappa shape index (κ3) is 5.51. The second-order valence-electron chi connectivity index (χ2n) is 4.95. The zero-order valence-corrected chi connectivity index (χ0v) is 13.2. The van der Waals surface area contributed by atoms with Gasteiger partial charge in [-0.2, -0.15) is 0 Å². The normalized spacial score (nSPS) is 14.0. The molecule has 118 valence electrons. The number of nitrogen functional groups attached to an aromatic ring is 1. The van der Waals surface area contributed by atoms with Gasteiger partial charge in [-0.3, -0.25) is 9.69 Å². The summed E-state index contributed by atoms with van der Waals surface area (Å²) in [7, 11) is 3.28. The maximum absolute atomic E-state index is 12.2. The van der Waals surface area contributed by atoms with Crippen LogP contribution in [-0.4, -0.2) is 55.4 Å². The highest BCUT2D eigenvalue weighted by Gasteiger charge is 2.20. The number of aliphatic hydroxyl groups excluding tert-OH is 1. The van der Waals surface area contributed by atoms with Crippen LogP contribution in [0, 0.1) is 0 Å². The third-order valence-corrected chi connectivity index (χ3v) is 3.51. The summed E-state index contributed by atoms with van der Waals surface area (Å²) in [6.45, 7) is 2.33. The first-order chi connectivity index (χ1) is 9.85. The lowest BCUT2D eigenvalue weighted by molar-refractivity contribution is -0.120. The van der Waals surface area contributed by atoms with Gasteiger partial charge in [-0.1, -0.05) is 11.6 Å². The standard InChI is InChI=1S/C14H22ClN3O3/c1-9(18(2)7-11(19)8-21-3)14(20)17-10-4-5-12(15)13(16)6-10/h4-6,9,11,19H,7-8,16H2,1-3H3,(H,17,20). The monoisotopic (exact) mass is 315 g/mol. The van der Waals surface area contributed by atoms with E-state index in [2.05, 4.69) is 5.32 Å². The van der Waals surface area contributed by atoms with Crippen molar-refractivity contribution in [2.24, 2.45) is 0 Å². The van der Waals surface area contributed by atoms with Crippen molar-refractivity contribution in [1.29, 1.82) is 0 Å². The van der Waals surface area contributed by atoms with E-state index in [9.17, 15) is 9.90 Å². The average molecular weight is 316 g/mol. The predicted octanol–water partition coefficient (Wildman–Crippen LogP) is 1.19. The number of anilines is 2. The Bertz CT molecular complexity index is 485. The Kier molecular flexibility index (Phi) is 6.91. The second kappa shape index (κ2) is 8.19. The lowest BCUT2D eigenvalue weighted by atomic mass is 10.2. The van der Waals surface area contributed by atoms with Crippen molar-refractivity contribution in [3.05, 3.63) is 23.2 Å². The van der Waals surface area contributed by atoms with Gasteiger partial charge in [0.25, 0.3) is 0 Å². The first-order valence-electron chi connectivity index (χ1n) is 6.58. The number of hydrogen-bond donors (Lipinski definition) is 3. The van der Waals surface area contributed by atoms with Crippen LogP contribution in [0.4, 0.5) is 11.4 Å². The van der Waals surface area contributed by atoms with E-state index in [-0.39, 0.29) is 12.5 Å². The van der Waals surface area contributed by atoms with E-state index < -0.39 is 12.1 Å². The quantitative estimate of drug-likeness (QED) is 0.658. The maximum atomic E-state index is 12.2. The number of nitrogens with zero attached hydrogens (tertiary/aromatic N) is 1. The summed E-state index contributed by atoms with van der Waals surface area (Å²) < 4.78 is 4.86. The van der Waals surface area contributed by atoms with Gasteiger partial charge in [0, 0.05) is 19.3 Å². The molecular formula is C14H22ClN3O3. The van der Waals surface area contributed by atoms with Crippen molar-refractivity contribution in [1.82, 2.24) is 4.90 Å². The molecule has 0 saturated carbocycles. The number of likely N-dealkylation sites (N-methyl/N-ethyl adjacent to an activating group) is 1. The largest absolute Gasteiger partial charge is 0.397 e. The van der Waals surface area contributed by atoms with Crippen LogP contribution in [0.3, 0.4) is 0 Å². The Labute approximate surface area is 129 Å². The summed E-state index contributed by atoms with van der Waals surface area (Å²) in [5.74, 6) is -0.191. The number of aliphatic hydroxyl groups is 1. The molecule has 0 spiro atoms. The van der Waals surface area contributed by atoms with Crippen molar-refractivity contribution in [3.63, 3.8) is 0 Å². The number of hydrogen-bond acceptors (Lipinski definition) is 5.